The Morgan fingerprint density at radius 2 is 1.19 bits per heavy atom. The minimum Gasteiger partial charge on any atom is -0.465 e. The van der Waals surface area contributed by atoms with E-state index in [1.165, 1.54) is 0 Å². The van der Waals surface area contributed by atoms with Gasteiger partial charge < -0.3 is 18.3 Å². The fourth-order valence-electron chi connectivity index (χ4n) is 3.50. The van der Waals surface area contributed by atoms with E-state index in [1.54, 1.807) is 12.5 Å². The Morgan fingerprint density at radius 3 is 1.65 bits per heavy atom. The topological polar surface area (TPSA) is 78.9 Å². The second-order valence-electron chi connectivity index (χ2n) is 7.67. The Bertz CT molecular complexity index is 1130. The van der Waals surface area contributed by atoms with Crippen LogP contribution in [0.1, 0.15) is 28.7 Å². The molecule has 4 rings (SSSR count). The molecule has 31 heavy (non-hydrogen) atoms. The van der Waals surface area contributed by atoms with Gasteiger partial charge in [-0.25, -0.2) is 0 Å². The molecule has 2 aromatic heterocycles. The number of furan rings is 2. The van der Waals surface area contributed by atoms with Crippen LogP contribution < -0.4 is 0 Å². The first-order valence-electron chi connectivity index (χ1n) is 10.2. The first-order chi connectivity index (χ1) is 15.0. The standard InChI is InChI=1S/C25H24O6/c1-16-4-6-20-18(14-30-22(20)10-16)12-24(26)28-8-3-9-29-25(27)13-19-15-31-23-11-17(2)5-7-21(19)23/h4-7,10-11,14-15H,3,8-9,12-13H2,1-2H3. The van der Waals surface area contributed by atoms with Gasteiger partial charge in [0.1, 0.15) is 11.2 Å². The molecule has 0 radical (unpaired) electrons. The predicted octanol–water partition coefficient (Wildman–Crippen LogP) is 5.06. The van der Waals surface area contributed by atoms with Crippen molar-refractivity contribution in [2.75, 3.05) is 13.2 Å². The van der Waals surface area contributed by atoms with Crippen molar-refractivity contribution in [1.82, 2.24) is 0 Å². The summed E-state index contributed by atoms with van der Waals surface area (Å²) >= 11 is 0. The number of rotatable bonds is 8. The number of hydrogen-bond acceptors (Lipinski definition) is 6. The molecule has 0 aliphatic carbocycles. The highest BCUT2D eigenvalue weighted by Gasteiger charge is 2.13. The largest absolute Gasteiger partial charge is 0.465 e. The zero-order valence-corrected chi connectivity index (χ0v) is 17.6. The van der Waals surface area contributed by atoms with Crippen LogP contribution in [0.15, 0.2) is 57.8 Å². The highest BCUT2D eigenvalue weighted by atomic mass is 16.5. The molecule has 0 aliphatic rings. The molecule has 160 valence electrons. The summed E-state index contributed by atoms with van der Waals surface area (Å²) in [6, 6.07) is 11.7. The van der Waals surface area contributed by atoms with Crippen LogP contribution >= 0.6 is 0 Å². The molecule has 0 amide bonds. The van der Waals surface area contributed by atoms with Gasteiger partial charge in [0.05, 0.1) is 38.6 Å². The van der Waals surface area contributed by atoms with Crippen molar-refractivity contribution >= 4 is 33.9 Å². The van der Waals surface area contributed by atoms with Gasteiger partial charge in [-0.05, 0) is 37.1 Å². The van der Waals surface area contributed by atoms with Crippen LogP contribution in [0.2, 0.25) is 0 Å². The fraction of sp³-hybridized carbons (Fsp3) is 0.280. The molecule has 6 nitrogen and oxygen atoms in total. The first-order valence-corrected chi connectivity index (χ1v) is 10.2. The maximum atomic E-state index is 12.1. The van der Waals surface area contributed by atoms with Gasteiger partial charge in [0.25, 0.3) is 0 Å². The second kappa shape index (κ2) is 9.08. The van der Waals surface area contributed by atoms with E-state index < -0.39 is 0 Å². The number of esters is 2. The van der Waals surface area contributed by atoms with Crippen LogP contribution in [0.25, 0.3) is 21.9 Å². The van der Waals surface area contributed by atoms with Gasteiger partial charge >= 0.3 is 11.9 Å². The van der Waals surface area contributed by atoms with E-state index >= 15 is 0 Å². The lowest BCUT2D eigenvalue weighted by atomic mass is 10.1. The maximum Gasteiger partial charge on any atom is 0.310 e. The Balaban J connectivity index is 1.18. The maximum absolute atomic E-state index is 12.1. The van der Waals surface area contributed by atoms with Crippen LogP contribution in [0.5, 0.6) is 0 Å². The number of carbonyl (C=O) groups is 2. The zero-order valence-electron chi connectivity index (χ0n) is 17.6. The molecule has 0 saturated carbocycles. The molecule has 0 fully saturated rings. The highest BCUT2D eigenvalue weighted by molar-refractivity contribution is 5.87. The Labute approximate surface area is 179 Å². The summed E-state index contributed by atoms with van der Waals surface area (Å²) in [5, 5.41) is 1.83. The van der Waals surface area contributed by atoms with Crippen LogP contribution in [0.3, 0.4) is 0 Å². The average molecular weight is 420 g/mol. The SMILES string of the molecule is Cc1ccc2c(CC(=O)OCCCOC(=O)Cc3coc4cc(C)ccc34)coc2c1. The summed E-state index contributed by atoms with van der Waals surface area (Å²) in [6.07, 6.45) is 3.90. The lowest BCUT2D eigenvalue weighted by Gasteiger charge is -2.06. The quantitative estimate of drug-likeness (QED) is 0.293. The van der Waals surface area contributed by atoms with E-state index in [-0.39, 0.29) is 38.0 Å². The number of hydrogen-bond donors (Lipinski definition) is 0. The number of ether oxygens (including phenoxy) is 2. The summed E-state index contributed by atoms with van der Waals surface area (Å²) in [4.78, 5) is 24.2. The third kappa shape index (κ3) is 4.97. The molecule has 0 spiro atoms. The van der Waals surface area contributed by atoms with Gasteiger partial charge in [-0.3, -0.25) is 9.59 Å². The first kappa shape index (κ1) is 20.7. The molecule has 6 heteroatoms. The average Bonchev–Trinajstić information content (AvgIpc) is 3.31. The Hall–Kier alpha value is -3.54. The number of aryl methyl sites for hydroxylation is 2. The molecule has 2 aromatic carbocycles. The lowest BCUT2D eigenvalue weighted by molar-refractivity contribution is -0.145. The third-order valence-corrected chi connectivity index (χ3v) is 5.11. The van der Waals surface area contributed by atoms with Gasteiger partial charge in [-0.2, -0.15) is 0 Å². The summed E-state index contributed by atoms with van der Waals surface area (Å²) in [6.45, 7) is 4.35. The summed E-state index contributed by atoms with van der Waals surface area (Å²) in [5.41, 5.74) is 5.32. The van der Waals surface area contributed by atoms with Crippen molar-refractivity contribution in [1.29, 1.82) is 0 Å². The number of carbonyl (C=O) groups excluding carboxylic acids is 2. The molecular formula is C25H24O6. The van der Waals surface area contributed by atoms with Crippen LogP contribution in [-0.2, 0) is 31.9 Å². The lowest BCUT2D eigenvalue weighted by Crippen LogP contribution is -2.13. The monoisotopic (exact) mass is 420 g/mol. The normalized spacial score (nSPS) is 11.2. The molecule has 4 aromatic rings. The fourth-order valence-corrected chi connectivity index (χ4v) is 3.50. The number of fused-ring (bicyclic) bond motifs is 2. The minimum atomic E-state index is -0.338. The summed E-state index contributed by atoms with van der Waals surface area (Å²) in [5.74, 6) is -0.676. The minimum absolute atomic E-state index is 0.142. The molecule has 0 aliphatic heterocycles. The molecule has 0 saturated heterocycles. The van der Waals surface area contributed by atoms with Crippen molar-refractivity contribution in [2.45, 2.75) is 33.1 Å². The van der Waals surface area contributed by atoms with E-state index in [9.17, 15) is 9.59 Å². The van der Waals surface area contributed by atoms with Crippen molar-refractivity contribution in [3.63, 3.8) is 0 Å². The molecule has 0 atom stereocenters. The summed E-state index contributed by atoms with van der Waals surface area (Å²) in [7, 11) is 0. The second-order valence-corrected chi connectivity index (χ2v) is 7.67. The van der Waals surface area contributed by atoms with Gasteiger partial charge in [0, 0.05) is 28.3 Å². The van der Waals surface area contributed by atoms with Gasteiger partial charge in [0.2, 0.25) is 0 Å². The van der Waals surface area contributed by atoms with E-state index in [0.717, 1.165) is 44.2 Å². The smallest absolute Gasteiger partial charge is 0.310 e. The molecular weight excluding hydrogens is 396 g/mol. The van der Waals surface area contributed by atoms with Crippen molar-refractivity contribution in [3.8, 4) is 0 Å². The molecule has 0 N–H and O–H groups in total. The molecule has 2 heterocycles. The Kier molecular flexibility index (Phi) is 6.07. The van der Waals surface area contributed by atoms with Crippen LogP contribution in [0.4, 0.5) is 0 Å². The van der Waals surface area contributed by atoms with Crippen molar-refractivity contribution in [2.24, 2.45) is 0 Å². The number of benzene rings is 2. The highest BCUT2D eigenvalue weighted by Crippen LogP contribution is 2.24. The van der Waals surface area contributed by atoms with Crippen LogP contribution in [-0.4, -0.2) is 25.2 Å². The van der Waals surface area contributed by atoms with E-state index in [4.69, 9.17) is 18.3 Å². The van der Waals surface area contributed by atoms with Crippen LogP contribution in [0, 0.1) is 13.8 Å². The van der Waals surface area contributed by atoms with E-state index in [0.29, 0.717) is 6.42 Å². The van der Waals surface area contributed by atoms with E-state index in [2.05, 4.69) is 0 Å². The van der Waals surface area contributed by atoms with Crippen molar-refractivity contribution in [3.05, 3.63) is 71.2 Å². The van der Waals surface area contributed by atoms with Crippen molar-refractivity contribution < 1.29 is 27.9 Å². The zero-order chi connectivity index (χ0) is 21.8. The Morgan fingerprint density at radius 1 is 0.742 bits per heavy atom. The molecule has 0 unspecified atom stereocenters. The van der Waals surface area contributed by atoms with Gasteiger partial charge in [-0.1, -0.05) is 24.3 Å². The predicted molar refractivity (Wildman–Crippen MR) is 116 cm³/mol. The summed E-state index contributed by atoms with van der Waals surface area (Å²) < 4.78 is 21.5. The van der Waals surface area contributed by atoms with Gasteiger partial charge in [0.15, 0.2) is 0 Å². The van der Waals surface area contributed by atoms with Gasteiger partial charge in [-0.15, -0.1) is 0 Å². The van der Waals surface area contributed by atoms with E-state index in [1.807, 2.05) is 50.2 Å². The molecule has 0 bridgehead atoms. The third-order valence-electron chi connectivity index (χ3n) is 5.11.